The summed E-state index contributed by atoms with van der Waals surface area (Å²) in [6, 6.07) is 1.28. The third kappa shape index (κ3) is 1.33. The van der Waals surface area contributed by atoms with Gasteiger partial charge < -0.3 is 21.5 Å². The van der Waals surface area contributed by atoms with Crippen molar-refractivity contribution in [1.82, 2.24) is 0 Å². The minimum atomic E-state index is 0. The molecule has 0 amide bonds. The van der Waals surface area contributed by atoms with Crippen molar-refractivity contribution in [3.63, 3.8) is 0 Å². The Balaban J connectivity index is 0.000000720. The quantitative estimate of drug-likeness (QED) is 0.441. The van der Waals surface area contributed by atoms with Crippen molar-refractivity contribution in [2.75, 3.05) is 14.1 Å². The van der Waals surface area contributed by atoms with Crippen LogP contribution in [-0.4, -0.2) is 36.4 Å². The number of piperidine rings is 1. The molecule has 2 aliphatic rings. The van der Waals surface area contributed by atoms with Gasteiger partial charge in [-0.2, -0.15) is 0 Å². The van der Waals surface area contributed by atoms with Crippen LogP contribution in [0.25, 0.3) is 0 Å². The second kappa shape index (κ2) is 3.11. The van der Waals surface area contributed by atoms with Gasteiger partial charge in [0, 0.05) is 12.8 Å². The van der Waals surface area contributed by atoms with Crippen LogP contribution in [0, 0.1) is 0 Å². The van der Waals surface area contributed by atoms with Crippen LogP contribution >= 0.6 is 0 Å². The molecule has 2 bridgehead atoms. The number of fused-ring (bicyclic) bond motifs is 2. The second-order valence-electron chi connectivity index (χ2n) is 4.46. The predicted octanol–water partition coefficient (Wildman–Crippen LogP) is -2.04. The zero-order chi connectivity index (χ0) is 8.06. The molecule has 70 valence electrons. The van der Waals surface area contributed by atoms with E-state index in [9.17, 15) is 4.79 Å². The topological polar surface area (TPSA) is 17.1 Å². The third-order valence-electron chi connectivity index (χ3n) is 3.64. The molecule has 0 aliphatic carbocycles. The van der Waals surface area contributed by atoms with Crippen LogP contribution < -0.4 is 17.0 Å². The van der Waals surface area contributed by atoms with E-state index >= 15 is 0 Å². The molecule has 0 aromatic rings. The number of carbonyl (C=O) groups is 1. The number of ketones is 1. The van der Waals surface area contributed by atoms with E-state index in [0.717, 1.165) is 17.3 Å². The SMILES string of the molecule is C[N+]1(C)C2CCC1CC(=O)C2.[Br-]. The molecule has 2 fully saturated rings. The van der Waals surface area contributed by atoms with Crippen LogP contribution in [0.1, 0.15) is 25.7 Å². The largest absolute Gasteiger partial charge is 1.00 e. The zero-order valence-corrected chi connectivity index (χ0v) is 9.30. The number of halogens is 1. The monoisotopic (exact) mass is 233 g/mol. The molecule has 3 heteroatoms. The van der Waals surface area contributed by atoms with Crippen molar-refractivity contribution in [2.45, 2.75) is 37.8 Å². The van der Waals surface area contributed by atoms with Crippen LogP contribution in [0.3, 0.4) is 0 Å². The first-order valence-electron chi connectivity index (χ1n) is 4.46. The average molecular weight is 234 g/mol. The van der Waals surface area contributed by atoms with Gasteiger partial charge in [-0.15, -0.1) is 0 Å². The molecule has 2 nitrogen and oxygen atoms in total. The van der Waals surface area contributed by atoms with Gasteiger partial charge in [0.1, 0.15) is 5.78 Å². The van der Waals surface area contributed by atoms with Crippen molar-refractivity contribution < 1.29 is 26.3 Å². The minimum Gasteiger partial charge on any atom is -1.00 e. The van der Waals surface area contributed by atoms with E-state index in [4.69, 9.17) is 0 Å². The van der Waals surface area contributed by atoms with Crippen LogP contribution in [0.5, 0.6) is 0 Å². The number of carbonyl (C=O) groups excluding carboxylic acids is 1. The van der Waals surface area contributed by atoms with Gasteiger partial charge in [-0.05, 0) is 0 Å². The lowest BCUT2D eigenvalue weighted by atomic mass is 10.00. The molecule has 2 unspecified atom stereocenters. The highest BCUT2D eigenvalue weighted by atomic mass is 79.9. The first kappa shape index (κ1) is 10.2. The molecule has 2 heterocycles. The summed E-state index contributed by atoms with van der Waals surface area (Å²) in [6.45, 7) is 0. The maximum atomic E-state index is 11.2. The first-order chi connectivity index (χ1) is 5.10. The maximum absolute atomic E-state index is 11.2. The van der Waals surface area contributed by atoms with Crippen molar-refractivity contribution in [1.29, 1.82) is 0 Å². The van der Waals surface area contributed by atoms with Crippen LogP contribution in [0.2, 0.25) is 0 Å². The highest BCUT2D eigenvalue weighted by molar-refractivity contribution is 5.80. The van der Waals surface area contributed by atoms with E-state index < -0.39 is 0 Å². The fourth-order valence-corrected chi connectivity index (χ4v) is 2.63. The third-order valence-corrected chi connectivity index (χ3v) is 3.64. The summed E-state index contributed by atoms with van der Waals surface area (Å²) in [4.78, 5) is 11.2. The van der Waals surface area contributed by atoms with Gasteiger partial charge in [-0.3, -0.25) is 4.79 Å². The van der Waals surface area contributed by atoms with Crippen molar-refractivity contribution in [3.8, 4) is 0 Å². The van der Waals surface area contributed by atoms with Gasteiger partial charge in [-0.1, -0.05) is 0 Å². The molecule has 0 aromatic carbocycles. The first-order valence-corrected chi connectivity index (χ1v) is 4.46. The molecule has 2 aliphatic heterocycles. The smallest absolute Gasteiger partial charge is 0.144 e. The highest BCUT2D eigenvalue weighted by Crippen LogP contribution is 2.37. The minimum absolute atomic E-state index is 0. The normalized spacial score (nSPS) is 37.7. The van der Waals surface area contributed by atoms with E-state index in [2.05, 4.69) is 14.1 Å². The lowest BCUT2D eigenvalue weighted by Gasteiger charge is -2.40. The number of quaternary nitrogens is 1. The molecule has 0 spiro atoms. The molecule has 0 N–H and O–H groups in total. The van der Waals surface area contributed by atoms with Crippen molar-refractivity contribution in [2.24, 2.45) is 0 Å². The summed E-state index contributed by atoms with van der Waals surface area (Å²) in [7, 11) is 4.55. The summed E-state index contributed by atoms with van der Waals surface area (Å²) < 4.78 is 1.10. The Bertz CT molecular complexity index is 185. The molecule has 2 rings (SSSR count). The Kier molecular flexibility index (Phi) is 2.64. The van der Waals surface area contributed by atoms with Gasteiger partial charge >= 0.3 is 0 Å². The Morgan fingerprint density at radius 3 is 2.00 bits per heavy atom. The van der Waals surface area contributed by atoms with E-state index in [1.54, 1.807) is 0 Å². The number of hydrogen-bond donors (Lipinski definition) is 0. The molecule has 0 aromatic heterocycles. The highest BCUT2D eigenvalue weighted by Gasteiger charge is 2.48. The molecular formula is C9H16BrNO. The summed E-state index contributed by atoms with van der Waals surface area (Å²) in [5.41, 5.74) is 0. The summed E-state index contributed by atoms with van der Waals surface area (Å²) in [5.74, 6) is 0.495. The zero-order valence-electron chi connectivity index (χ0n) is 7.72. The van der Waals surface area contributed by atoms with Crippen LogP contribution in [0.15, 0.2) is 0 Å². The van der Waals surface area contributed by atoms with Crippen molar-refractivity contribution >= 4 is 5.78 Å². The Labute approximate surface area is 84.3 Å². The Morgan fingerprint density at radius 1 is 1.17 bits per heavy atom. The Hall–Kier alpha value is 0.110. The molecule has 0 radical (unpaired) electrons. The lowest BCUT2D eigenvalue weighted by molar-refractivity contribution is -0.926. The Morgan fingerprint density at radius 2 is 1.58 bits per heavy atom. The number of Topliss-reactive ketones (excluding diaryl/α,β-unsaturated/α-hetero) is 1. The standard InChI is InChI=1S/C9H16NO.BrH/c1-10(2)7-3-4-8(10)6-9(11)5-7;/h7-8H,3-6H2,1-2H3;1H/q+1;/p-1. The van der Waals surface area contributed by atoms with E-state index in [0.29, 0.717) is 17.9 Å². The summed E-state index contributed by atoms with van der Waals surface area (Å²) in [5, 5.41) is 0. The maximum Gasteiger partial charge on any atom is 0.144 e. The van der Waals surface area contributed by atoms with E-state index in [1.807, 2.05) is 0 Å². The summed E-state index contributed by atoms with van der Waals surface area (Å²) >= 11 is 0. The molecular weight excluding hydrogens is 218 g/mol. The molecule has 0 saturated carbocycles. The number of hydrogen-bond acceptors (Lipinski definition) is 1. The summed E-state index contributed by atoms with van der Waals surface area (Å²) in [6.07, 6.45) is 4.21. The van der Waals surface area contributed by atoms with E-state index in [-0.39, 0.29) is 17.0 Å². The second-order valence-corrected chi connectivity index (χ2v) is 4.46. The van der Waals surface area contributed by atoms with Crippen molar-refractivity contribution in [3.05, 3.63) is 0 Å². The molecule has 2 atom stereocenters. The van der Waals surface area contributed by atoms with Gasteiger partial charge in [0.05, 0.1) is 39.0 Å². The average Bonchev–Trinajstić information content (AvgIpc) is 2.19. The van der Waals surface area contributed by atoms with Crippen LogP contribution in [0.4, 0.5) is 0 Å². The van der Waals surface area contributed by atoms with Gasteiger partial charge in [-0.25, -0.2) is 0 Å². The van der Waals surface area contributed by atoms with Gasteiger partial charge in [0.2, 0.25) is 0 Å². The fraction of sp³-hybridized carbons (Fsp3) is 0.889. The number of rotatable bonds is 0. The van der Waals surface area contributed by atoms with Gasteiger partial charge in [0.25, 0.3) is 0 Å². The van der Waals surface area contributed by atoms with E-state index in [1.165, 1.54) is 12.8 Å². The predicted molar refractivity (Wildman–Crippen MR) is 43.2 cm³/mol. The number of nitrogens with zero attached hydrogens (tertiary/aromatic N) is 1. The van der Waals surface area contributed by atoms with Crippen LogP contribution in [-0.2, 0) is 4.79 Å². The molecule has 12 heavy (non-hydrogen) atoms. The molecule has 2 saturated heterocycles. The lowest BCUT2D eigenvalue weighted by Crippen LogP contribution is -3.00. The van der Waals surface area contributed by atoms with Gasteiger partial charge in [0.15, 0.2) is 0 Å². The fourth-order valence-electron chi connectivity index (χ4n) is 2.63.